The van der Waals surface area contributed by atoms with Gasteiger partial charge in [0.25, 0.3) is 10.0 Å². The van der Waals surface area contributed by atoms with Crippen LogP contribution in [0.1, 0.15) is 17.3 Å². The Morgan fingerprint density at radius 3 is 2.35 bits per heavy atom. The summed E-state index contributed by atoms with van der Waals surface area (Å²) >= 11 is 2.38. The van der Waals surface area contributed by atoms with Gasteiger partial charge in [0.15, 0.2) is 0 Å². The van der Waals surface area contributed by atoms with Crippen molar-refractivity contribution in [3.63, 3.8) is 0 Å². The summed E-state index contributed by atoms with van der Waals surface area (Å²) in [6, 6.07) is 13.6. The van der Waals surface area contributed by atoms with E-state index in [2.05, 4.69) is 10.0 Å². The Hall–Kier alpha value is -3.02. The Morgan fingerprint density at radius 1 is 1.06 bits per heavy atom. The van der Waals surface area contributed by atoms with E-state index < -0.39 is 21.2 Å². The molecule has 1 amide bonds. The van der Waals surface area contributed by atoms with E-state index >= 15 is 0 Å². The van der Waals surface area contributed by atoms with Gasteiger partial charge in [0.05, 0.1) is 5.25 Å². The lowest BCUT2D eigenvalue weighted by Gasteiger charge is -2.13. The normalized spacial score (nSPS) is 12.2. The maximum absolute atomic E-state index is 12.4. The number of aromatic carboxylic acids is 1. The number of hydrogen-bond acceptors (Lipinski definition) is 7. The average molecular weight is 479 g/mol. The first-order valence-electron chi connectivity index (χ1n) is 8.86. The fourth-order valence-electron chi connectivity index (χ4n) is 2.51. The van der Waals surface area contributed by atoms with Crippen LogP contribution in [-0.2, 0) is 14.8 Å². The Bertz CT molecular complexity index is 1190. The van der Waals surface area contributed by atoms with E-state index in [1.165, 1.54) is 36.0 Å². The minimum Gasteiger partial charge on any atom is -0.507 e. The number of anilines is 2. The molecule has 11 heteroatoms. The molecule has 0 aliphatic rings. The predicted octanol–water partition coefficient (Wildman–Crippen LogP) is 4.07. The number of nitrogens with one attached hydrogen (secondary N) is 2. The highest BCUT2D eigenvalue weighted by molar-refractivity contribution is 8.00. The molecule has 3 aromatic rings. The van der Waals surface area contributed by atoms with Gasteiger partial charge in [-0.25, -0.2) is 13.2 Å². The molecule has 4 N–H and O–H groups in total. The first-order chi connectivity index (χ1) is 14.7. The van der Waals surface area contributed by atoms with Crippen LogP contribution in [0.5, 0.6) is 5.75 Å². The summed E-state index contributed by atoms with van der Waals surface area (Å²) in [5.74, 6) is -2.04. The second-order valence-corrected chi connectivity index (χ2v) is 10.6. The fourth-order valence-corrected chi connectivity index (χ4v) is 5.43. The van der Waals surface area contributed by atoms with Crippen LogP contribution < -0.4 is 10.0 Å². The van der Waals surface area contributed by atoms with Gasteiger partial charge in [0.2, 0.25) is 5.91 Å². The van der Waals surface area contributed by atoms with Crippen molar-refractivity contribution in [3.05, 3.63) is 65.5 Å². The summed E-state index contributed by atoms with van der Waals surface area (Å²) in [5, 5.41) is 22.4. The number of carboxylic acid groups (broad SMARTS) is 1. The molecule has 1 aromatic heterocycles. The van der Waals surface area contributed by atoms with Crippen LogP contribution >= 0.6 is 23.1 Å². The third-order valence-corrected chi connectivity index (χ3v) is 7.93. The van der Waals surface area contributed by atoms with Crippen molar-refractivity contribution in [2.24, 2.45) is 0 Å². The Balaban J connectivity index is 1.61. The number of thioether (sulfide) groups is 1. The van der Waals surface area contributed by atoms with Crippen molar-refractivity contribution in [2.75, 3.05) is 10.0 Å². The maximum Gasteiger partial charge on any atom is 0.339 e. The van der Waals surface area contributed by atoms with Crippen LogP contribution in [0.25, 0.3) is 0 Å². The molecule has 0 fully saturated rings. The average Bonchev–Trinajstić information content (AvgIpc) is 3.26. The van der Waals surface area contributed by atoms with Crippen LogP contribution in [0.4, 0.5) is 11.4 Å². The predicted molar refractivity (Wildman–Crippen MR) is 121 cm³/mol. The van der Waals surface area contributed by atoms with Gasteiger partial charge in [0.1, 0.15) is 15.5 Å². The highest BCUT2D eigenvalue weighted by atomic mass is 32.2. The largest absolute Gasteiger partial charge is 0.507 e. The van der Waals surface area contributed by atoms with Crippen molar-refractivity contribution in [1.29, 1.82) is 0 Å². The van der Waals surface area contributed by atoms with Gasteiger partial charge in [-0.3, -0.25) is 9.52 Å². The molecule has 3 rings (SSSR count). The highest BCUT2D eigenvalue weighted by Gasteiger charge is 2.18. The molecular formula is C20H18N2O6S3. The second kappa shape index (κ2) is 9.41. The summed E-state index contributed by atoms with van der Waals surface area (Å²) in [7, 11) is -3.63. The number of aromatic hydroxyl groups is 1. The molecule has 162 valence electrons. The van der Waals surface area contributed by atoms with Gasteiger partial charge in [0, 0.05) is 16.3 Å². The van der Waals surface area contributed by atoms with Crippen molar-refractivity contribution in [1.82, 2.24) is 0 Å². The number of rotatable bonds is 8. The van der Waals surface area contributed by atoms with Crippen molar-refractivity contribution >= 4 is 56.4 Å². The second-order valence-electron chi connectivity index (χ2n) is 6.35. The Morgan fingerprint density at radius 2 is 1.74 bits per heavy atom. The lowest BCUT2D eigenvalue weighted by Crippen LogP contribution is -2.22. The maximum atomic E-state index is 12.4. The van der Waals surface area contributed by atoms with E-state index in [4.69, 9.17) is 5.11 Å². The minimum absolute atomic E-state index is 0.219. The van der Waals surface area contributed by atoms with Crippen molar-refractivity contribution in [3.8, 4) is 5.75 Å². The Kier molecular flexibility index (Phi) is 6.88. The number of carbonyl (C=O) groups is 2. The summed E-state index contributed by atoms with van der Waals surface area (Å²) < 4.78 is 27.2. The van der Waals surface area contributed by atoms with E-state index in [1.54, 1.807) is 42.6 Å². The fraction of sp³-hybridized carbons (Fsp3) is 0.100. The highest BCUT2D eigenvalue weighted by Crippen LogP contribution is 2.28. The quantitative estimate of drug-likeness (QED) is 0.283. The topological polar surface area (TPSA) is 133 Å². The van der Waals surface area contributed by atoms with Gasteiger partial charge >= 0.3 is 5.97 Å². The van der Waals surface area contributed by atoms with E-state index in [0.717, 1.165) is 16.2 Å². The molecule has 0 saturated carbocycles. The summed E-state index contributed by atoms with van der Waals surface area (Å²) in [4.78, 5) is 24.3. The molecule has 0 radical (unpaired) electrons. The third-order valence-electron chi connectivity index (χ3n) is 4.04. The van der Waals surface area contributed by atoms with Crippen LogP contribution in [0, 0.1) is 0 Å². The lowest BCUT2D eigenvalue weighted by molar-refractivity contribution is -0.115. The molecule has 0 saturated heterocycles. The summed E-state index contributed by atoms with van der Waals surface area (Å²) in [6.45, 7) is 1.69. The van der Waals surface area contributed by atoms with E-state index in [0.29, 0.717) is 5.69 Å². The third kappa shape index (κ3) is 5.78. The van der Waals surface area contributed by atoms with Gasteiger partial charge in [-0.15, -0.1) is 23.1 Å². The number of thiophene rings is 1. The number of phenols is 1. The minimum atomic E-state index is -3.63. The van der Waals surface area contributed by atoms with Crippen LogP contribution in [-0.4, -0.2) is 35.8 Å². The molecular weight excluding hydrogens is 460 g/mol. The molecule has 1 heterocycles. The number of sulfonamides is 1. The van der Waals surface area contributed by atoms with Gasteiger partial charge < -0.3 is 15.5 Å². The lowest BCUT2D eigenvalue weighted by atomic mass is 10.2. The van der Waals surface area contributed by atoms with Crippen LogP contribution in [0.3, 0.4) is 0 Å². The molecule has 0 spiro atoms. The zero-order chi connectivity index (χ0) is 22.6. The zero-order valence-electron chi connectivity index (χ0n) is 16.1. The summed E-state index contributed by atoms with van der Waals surface area (Å²) in [5.41, 5.74) is 0.352. The SMILES string of the molecule is CC(Sc1ccc(NS(=O)(=O)c2cccs2)cc1)C(=O)Nc1ccc(O)c(C(=O)O)c1. The van der Waals surface area contributed by atoms with E-state index in [1.807, 2.05) is 0 Å². The smallest absolute Gasteiger partial charge is 0.339 e. The molecule has 0 aliphatic carbocycles. The number of hydrogen-bond donors (Lipinski definition) is 4. The molecule has 31 heavy (non-hydrogen) atoms. The van der Waals surface area contributed by atoms with Gasteiger partial charge in [-0.1, -0.05) is 6.07 Å². The number of carboxylic acids is 1. The Labute approximate surface area is 187 Å². The zero-order valence-corrected chi connectivity index (χ0v) is 18.6. The summed E-state index contributed by atoms with van der Waals surface area (Å²) in [6.07, 6.45) is 0. The van der Waals surface area contributed by atoms with Crippen molar-refractivity contribution < 1.29 is 28.2 Å². The first kappa shape index (κ1) is 22.7. The van der Waals surface area contributed by atoms with Crippen LogP contribution in [0.2, 0.25) is 0 Å². The molecule has 2 aromatic carbocycles. The van der Waals surface area contributed by atoms with E-state index in [9.17, 15) is 23.1 Å². The molecule has 1 atom stereocenters. The monoisotopic (exact) mass is 478 g/mol. The molecule has 8 nitrogen and oxygen atoms in total. The van der Waals surface area contributed by atoms with E-state index in [-0.39, 0.29) is 27.1 Å². The van der Waals surface area contributed by atoms with Gasteiger partial charge in [-0.05, 0) is 60.8 Å². The number of amides is 1. The molecule has 0 aliphatic heterocycles. The molecule has 1 unspecified atom stereocenters. The van der Waals surface area contributed by atoms with Crippen LogP contribution in [0.15, 0.2) is 69.1 Å². The van der Waals surface area contributed by atoms with Gasteiger partial charge in [-0.2, -0.15) is 0 Å². The number of benzene rings is 2. The number of carbonyl (C=O) groups excluding carboxylic acids is 1. The first-order valence-corrected chi connectivity index (χ1v) is 12.1. The van der Waals surface area contributed by atoms with Crippen molar-refractivity contribution in [2.45, 2.75) is 21.3 Å². The molecule has 0 bridgehead atoms. The standard InChI is InChI=1S/C20H18N2O6S3/c1-12(19(24)21-14-6-9-17(23)16(11-14)20(25)26)30-15-7-4-13(5-8-15)22-31(27,28)18-3-2-10-29-18/h2-12,22-23H,1H3,(H,21,24)(H,25,26).